The molecule has 0 saturated heterocycles. The van der Waals surface area contributed by atoms with Gasteiger partial charge in [0.15, 0.2) is 0 Å². The number of aromatic amines is 1. The molecule has 0 spiro atoms. The van der Waals surface area contributed by atoms with Crippen LogP contribution in [0, 0.1) is 5.92 Å². The van der Waals surface area contributed by atoms with Gasteiger partial charge in [0.25, 0.3) is 5.56 Å². The van der Waals surface area contributed by atoms with Crippen molar-refractivity contribution in [2.75, 3.05) is 5.75 Å². The SMILES string of the molecule is CC(C)CSCc1nc2c(c(=O)[nH]1)CCCC2. The van der Waals surface area contributed by atoms with E-state index in [1.54, 1.807) is 0 Å². The summed E-state index contributed by atoms with van der Waals surface area (Å²) < 4.78 is 0. The van der Waals surface area contributed by atoms with Crippen LogP contribution in [0.4, 0.5) is 0 Å². The molecule has 4 heteroatoms. The summed E-state index contributed by atoms with van der Waals surface area (Å²) in [6, 6.07) is 0. The molecule has 94 valence electrons. The predicted molar refractivity (Wildman–Crippen MR) is 72.5 cm³/mol. The van der Waals surface area contributed by atoms with Crippen molar-refractivity contribution in [1.29, 1.82) is 0 Å². The van der Waals surface area contributed by atoms with Gasteiger partial charge in [-0.1, -0.05) is 13.8 Å². The third kappa shape index (κ3) is 3.35. The Bertz CT molecular complexity index is 440. The maximum atomic E-state index is 11.9. The molecule has 1 heterocycles. The highest BCUT2D eigenvalue weighted by Crippen LogP contribution is 2.17. The third-order valence-electron chi connectivity index (χ3n) is 2.93. The summed E-state index contributed by atoms with van der Waals surface area (Å²) in [4.78, 5) is 19.4. The number of nitrogens with one attached hydrogen (secondary N) is 1. The fourth-order valence-electron chi connectivity index (χ4n) is 2.11. The molecule has 0 unspecified atom stereocenters. The minimum Gasteiger partial charge on any atom is -0.310 e. The summed E-state index contributed by atoms with van der Waals surface area (Å²) in [5.74, 6) is 3.47. The average molecular weight is 252 g/mol. The number of aryl methyl sites for hydroxylation is 1. The molecule has 1 aliphatic carbocycles. The molecule has 0 fully saturated rings. The second-order valence-corrected chi connectivity index (χ2v) is 6.08. The summed E-state index contributed by atoms with van der Waals surface area (Å²) in [5, 5.41) is 0. The number of H-pyrrole nitrogens is 1. The number of aromatic nitrogens is 2. The van der Waals surface area contributed by atoms with E-state index in [9.17, 15) is 4.79 Å². The van der Waals surface area contributed by atoms with E-state index < -0.39 is 0 Å². The summed E-state index contributed by atoms with van der Waals surface area (Å²) in [6.45, 7) is 4.41. The zero-order chi connectivity index (χ0) is 12.3. The van der Waals surface area contributed by atoms with Gasteiger partial charge in [-0.2, -0.15) is 11.8 Å². The van der Waals surface area contributed by atoms with Gasteiger partial charge in [0.05, 0.1) is 11.4 Å². The van der Waals surface area contributed by atoms with Gasteiger partial charge in [0, 0.05) is 5.56 Å². The largest absolute Gasteiger partial charge is 0.310 e. The number of thioether (sulfide) groups is 1. The van der Waals surface area contributed by atoms with Gasteiger partial charge in [0.1, 0.15) is 5.82 Å². The summed E-state index contributed by atoms with van der Waals surface area (Å²) in [7, 11) is 0. The van der Waals surface area contributed by atoms with Gasteiger partial charge in [-0.05, 0) is 37.4 Å². The van der Waals surface area contributed by atoms with Crippen molar-refractivity contribution in [3.05, 3.63) is 27.4 Å². The summed E-state index contributed by atoms with van der Waals surface area (Å²) >= 11 is 1.84. The minimum absolute atomic E-state index is 0.0925. The van der Waals surface area contributed by atoms with Crippen LogP contribution in [0.2, 0.25) is 0 Å². The molecule has 0 amide bonds. The van der Waals surface area contributed by atoms with Crippen molar-refractivity contribution < 1.29 is 0 Å². The molecule has 0 aromatic carbocycles. The van der Waals surface area contributed by atoms with Crippen molar-refractivity contribution in [3.8, 4) is 0 Å². The molecule has 0 saturated carbocycles. The fourth-order valence-corrected chi connectivity index (χ4v) is 3.03. The van der Waals surface area contributed by atoms with Crippen LogP contribution in [0.5, 0.6) is 0 Å². The Morgan fingerprint density at radius 1 is 1.35 bits per heavy atom. The predicted octanol–water partition coefficient (Wildman–Crippen LogP) is 2.54. The molecule has 1 aliphatic rings. The minimum atomic E-state index is 0.0925. The van der Waals surface area contributed by atoms with E-state index in [2.05, 4.69) is 23.8 Å². The van der Waals surface area contributed by atoms with Crippen LogP contribution in [0.25, 0.3) is 0 Å². The highest BCUT2D eigenvalue weighted by atomic mass is 32.2. The van der Waals surface area contributed by atoms with Gasteiger partial charge in [-0.25, -0.2) is 4.98 Å². The Morgan fingerprint density at radius 2 is 2.12 bits per heavy atom. The highest BCUT2D eigenvalue weighted by Gasteiger charge is 2.15. The molecule has 1 aromatic heterocycles. The Hall–Kier alpha value is -0.770. The molecular weight excluding hydrogens is 232 g/mol. The normalized spacial score (nSPS) is 15.0. The van der Waals surface area contributed by atoms with E-state index in [0.29, 0.717) is 5.92 Å². The first-order valence-electron chi connectivity index (χ1n) is 6.35. The number of nitrogens with zero attached hydrogens (tertiary/aromatic N) is 1. The second-order valence-electron chi connectivity index (χ2n) is 5.05. The Labute approximate surface area is 106 Å². The van der Waals surface area contributed by atoms with E-state index in [-0.39, 0.29) is 5.56 Å². The highest BCUT2D eigenvalue weighted by molar-refractivity contribution is 7.98. The number of fused-ring (bicyclic) bond motifs is 1. The first-order chi connectivity index (χ1) is 8.16. The third-order valence-corrected chi connectivity index (χ3v) is 4.31. The Kier molecular flexibility index (Phi) is 4.26. The van der Waals surface area contributed by atoms with Crippen molar-refractivity contribution in [3.63, 3.8) is 0 Å². The summed E-state index contributed by atoms with van der Waals surface area (Å²) in [6.07, 6.45) is 4.17. The lowest BCUT2D eigenvalue weighted by Gasteiger charge is -2.14. The van der Waals surface area contributed by atoms with Crippen molar-refractivity contribution in [1.82, 2.24) is 9.97 Å². The molecule has 1 aromatic rings. The molecule has 0 atom stereocenters. The van der Waals surface area contributed by atoms with Crippen LogP contribution < -0.4 is 5.56 Å². The van der Waals surface area contributed by atoms with E-state index >= 15 is 0 Å². The molecule has 17 heavy (non-hydrogen) atoms. The monoisotopic (exact) mass is 252 g/mol. The molecular formula is C13H20N2OS. The van der Waals surface area contributed by atoms with Crippen LogP contribution in [0.15, 0.2) is 4.79 Å². The number of hydrogen-bond acceptors (Lipinski definition) is 3. The van der Waals surface area contributed by atoms with E-state index in [1.807, 2.05) is 11.8 Å². The van der Waals surface area contributed by atoms with Crippen LogP contribution >= 0.6 is 11.8 Å². The molecule has 2 rings (SSSR count). The van der Waals surface area contributed by atoms with Crippen molar-refractivity contribution in [2.24, 2.45) is 5.92 Å². The maximum Gasteiger partial charge on any atom is 0.254 e. The van der Waals surface area contributed by atoms with Crippen LogP contribution in [0.3, 0.4) is 0 Å². The number of hydrogen-bond donors (Lipinski definition) is 1. The molecule has 3 nitrogen and oxygen atoms in total. The smallest absolute Gasteiger partial charge is 0.254 e. The lowest BCUT2D eigenvalue weighted by molar-refractivity contribution is 0.650. The van der Waals surface area contributed by atoms with Gasteiger partial charge < -0.3 is 4.98 Å². The number of rotatable bonds is 4. The van der Waals surface area contributed by atoms with Gasteiger partial charge in [-0.3, -0.25) is 4.79 Å². The lowest BCUT2D eigenvalue weighted by Crippen LogP contribution is -2.22. The lowest BCUT2D eigenvalue weighted by atomic mass is 9.97. The van der Waals surface area contributed by atoms with Crippen LogP contribution in [-0.2, 0) is 18.6 Å². The van der Waals surface area contributed by atoms with E-state index in [1.165, 1.54) is 6.42 Å². The zero-order valence-corrected chi connectivity index (χ0v) is 11.4. The maximum absolute atomic E-state index is 11.9. The second kappa shape index (κ2) is 5.71. The van der Waals surface area contributed by atoms with Gasteiger partial charge in [-0.15, -0.1) is 0 Å². The molecule has 0 aliphatic heterocycles. The van der Waals surface area contributed by atoms with Crippen LogP contribution in [-0.4, -0.2) is 15.7 Å². The van der Waals surface area contributed by atoms with E-state index in [0.717, 1.165) is 47.8 Å². The molecule has 0 bridgehead atoms. The van der Waals surface area contributed by atoms with Crippen molar-refractivity contribution in [2.45, 2.75) is 45.3 Å². The Morgan fingerprint density at radius 3 is 2.88 bits per heavy atom. The molecule has 0 radical (unpaired) electrons. The first kappa shape index (κ1) is 12.7. The first-order valence-corrected chi connectivity index (χ1v) is 7.51. The van der Waals surface area contributed by atoms with E-state index in [4.69, 9.17) is 0 Å². The van der Waals surface area contributed by atoms with Gasteiger partial charge >= 0.3 is 0 Å². The average Bonchev–Trinajstić information content (AvgIpc) is 2.28. The van der Waals surface area contributed by atoms with Gasteiger partial charge in [0.2, 0.25) is 0 Å². The topological polar surface area (TPSA) is 45.8 Å². The zero-order valence-electron chi connectivity index (χ0n) is 10.6. The quantitative estimate of drug-likeness (QED) is 0.895. The molecule has 1 N–H and O–H groups in total. The fraction of sp³-hybridized carbons (Fsp3) is 0.692. The van der Waals surface area contributed by atoms with Crippen LogP contribution in [0.1, 0.15) is 43.8 Å². The summed E-state index contributed by atoms with van der Waals surface area (Å²) in [5.41, 5.74) is 2.06. The van der Waals surface area contributed by atoms with Crippen molar-refractivity contribution >= 4 is 11.8 Å². The Balaban J connectivity index is 2.09. The standard InChI is InChI=1S/C13H20N2OS/c1-9(2)7-17-8-12-14-11-6-4-3-5-10(11)13(16)15-12/h9H,3-8H2,1-2H3,(H,14,15,16).